The van der Waals surface area contributed by atoms with Crippen LogP contribution in [0.2, 0.25) is 0 Å². The van der Waals surface area contributed by atoms with Gasteiger partial charge in [0.05, 0.1) is 80.0 Å². The lowest BCUT2D eigenvalue weighted by atomic mass is 9.92. The Bertz CT molecular complexity index is 1750. The number of benzene rings is 2. The van der Waals surface area contributed by atoms with E-state index >= 15 is 0 Å². The molecule has 1 aromatic heterocycles. The molecule has 0 aliphatic carbocycles. The van der Waals surface area contributed by atoms with Crippen LogP contribution in [0.1, 0.15) is 47.4 Å². The minimum atomic E-state index is -1.10. The summed E-state index contributed by atoms with van der Waals surface area (Å²) in [5, 5.41) is 27.7. The SMILES string of the molecule is Cc1ncsc1-c1ccc(CNC(=O)C2CC(O)C(C(=O)C(C(C)C)N3Cc4ccccc4C3=O)N2)c(OCCOCCOCCOCCNC(=O)O)c1. The molecule has 0 radical (unpaired) electrons. The lowest BCUT2D eigenvalue weighted by molar-refractivity contribution is -0.128. The number of hydrogen-bond donors (Lipinski definition) is 5. The van der Waals surface area contributed by atoms with Crippen molar-refractivity contribution >= 4 is 35.0 Å². The summed E-state index contributed by atoms with van der Waals surface area (Å²) in [4.78, 5) is 57.9. The summed E-state index contributed by atoms with van der Waals surface area (Å²) in [6, 6.07) is 10.5. The van der Waals surface area contributed by atoms with Crippen molar-refractivity contribution in [2.75, 3.05) is 52.8 Å². The molecule has 0 saturated carbocycles. The molecule has 2 aliphatic heterocycles. The summed E-state index contributed by atoms with van der Waals surface area (Å²) in [5.74, 6) is -0.534. The summed E-state index contributed by atoms with van der Waals surface area (Å²) in [7, 11) is 0. The third kappa shape index (κ3) is 10.6. The number of hydrogen-bond acceptors (Lipinski definition) is 12. The Kier molecular flexibility index (Phi) is 14.9. The average molecular weight is 768 g/mol. The summed E-state index contributed by atoms with van der Waals surface area (Å²) >= 11 is 1.52. The van der Waals surface area contributed by atoms with Crippen molar-refractivity contribution in [1.29, 1.82) is 0 Å². The standard InChI is InChI=1S/C38H49N5O10S/c1-23(2)33(43-21-27-6-4-5-7-28(27)37(43)47)34(45)32-30(44)19-29(42-32)36(46)40-20-26-9-8-25(35-24(3)41-22-54-35)18-31(26)53-17-16-52-15-14-51-13-12-50-11-10-39-38(48)49/h4-9,18,22-23,29-30,32-33,39,42,44H,10-17,19-21H2,1-3H3,(H,40,46)(H,48,49). The van der Waals surface area contributed by atoms with Gasteiger partial charge < -0.3 is 44.7 Å². The molecule has 2 aromatic carbocycles. The molecule has 3 aromatic rings. The van der Waals surface area contributed by atoms with E-state index in [9.17, 15) is 24.3 Å². The molecule has 1 saturated heterocycles. The average Bonchev–Trinajstić information content (AvgIpc) is 3.85. The number of fused-ring (bicyclic) bond motifs is 1. The number of aliphatic hydroxyl groups excluding tert-OH is 1. The first-order chi connectivity index (χ1) is 26.0. The number of aliphatic hydroxyl groups is 1. The number of nitrogens with one attached hydrogen (secondary N) is 3. The number of amides is 3. The lowest BCUT2D eigenvalue weighted by Crippen LogP contribution is -2.55. The Labute approximate surface area is 318 Å². The van der Waals surface area contributed by atoms with E-state index in [1.54, 1.807) is 22.5 Å². The first-order valence-electron chi connectivity index (χ1n) is 18.1. The molecule has 16 heteroatoms. The highest BCUT2D eigenvalue weighted by atomic mass is 32.1. The molecule has 15 nitrogen and oxygen atoms in total. The van der Waals surface area contributed by atoms with Crippen molar-refractivity contribution in [2.45, 2.75) is 64.5 Å². The molecule has 2 aliphatic rings. The second-order valence-corrected chi connectivity index (χ2v) is 14.3. The summed E-state index contributed by atoms with van der Waals surface area (Å²) in [6.45, 7) is 8.54. The van der Waals surface area contributed by atoms with E-state index in [2.05, 4.69) is 20.9 Å². The van der Waals surface area contributed by atoms with Gasteiger partial charge in [0.15, 0.2) is 5.78 Å². The van der Waals surface area contributed by atoms with Crippen LogP contribution >= 0.6 is 11.3 Å². The van der Waals surface area contributed by atoms with Crippen molar-refractivity contribution in [3.05, 3.63) is 70.4 Å². The molecule has 292 valence electrons. The minimum absolute atomic E-state index is 0.0481. The van der Waals surface area contributed by atoms with E-state index in [0.717, 1.165) is 27.3 Å². The number of rotatable bonds is 21. The van der Waals surface area contributed by atoms with Crippen molar-refractivity contribution in [2.24, 2.45) is 5.92 Å². The van der Waals surface area contributed by atoms with Gasteiger partial charge in [0, 0.05) is 30.8 Å². The highest BCUT2D eigenvalue weighted by molar-refractivity contribution is 7.13. The van der Waals surface area contributed by atoms with Gasteiger partial charge in [0.25, 0.3) is 5.91 Å². The largest absolute Gasteiger partial charge is 0.491 e. The van der Waals surface area contributed by atoms with Crippen LogP contribution in [-0.4, -0.2) is 121 Å². The number of aromatic nitrogens is 1. The second kappa shape index (κ2) is 19.8. The van der Waals surface area contributed by atoms with Crippen molar-refractivity contribution < 1.29 is 48.3 Å². The van der Waals surface area contributed by atoms with Crippen LogP contribution < -0.4 is 20.7 Å². The maximum absolute atomic E-state index is 13.9. The van der Waals surface area contributed by atoms with Gasteiger partial charge in [-0.2, -0.15) is 0 Å². The number of carbonyl (C=O) groups excluding carboxylic acids is 3. The fraction of sp³-hybridized carbons (Fsp3) is 0.500. The Balaban J connectivity index is 1.12. The van der Waals surface area contributed by atoms with Crippen LogP contribution in [0.25, 0.3) is 10.4 Å². The van der Waals surface area contributed by atoms with Gasteiger partial charge in [0.2, 0.25) is 5.91 Å². The number of carbonyl (C=O) groups is 4. The Morgan fingerprint density at radius 3 is 2.37 bits per heavy atom. The Morgan fingerprint density at radius 2 is 1.70 bits per heavy atom. The summed E-state index contributed by atoms with van der Waals surface area (Å²) in [5.41, 5.74) is 5.77. The number of ether oxygens (including phenoxy) is 4. The molecular formula is C38H49N5O10S. The van der Waals surface area contributed by atoms with Crippen molar-refractivity contribution in [3.8, 4) is 16.2 Å². The number of carboxylic acid groups (broad SMARTS) is 1. The van der Waals surface area contributed by atoms with Crippen LogP contribution in [0.4, 0.5) is 4.79 Å². The molecule has 4 unspecified atom stereocenters. The van der Waals surface area contributed by atoms with Gasteiger partial charge >= 0.3 is 6.09 Å². The van der Waals surface area contributed by atoms with Crippen LogP contribution in [0.5, 0.6) is 5.75 Å². The van der Waals surface area contributed by atoms with E-state index < -0.39 is 30.3 Å². The summed E-state index contributed by atoms with van der Waals surface area (Å²) < 4.78 is 22.5. The van der Waals surface area contributed by atoms with Crippen LogP contribution in [-0.2, 0) is 36.9 Å². The first-order valence-corrected chi connectivity index (χ1v) is 18.9. The molecule has 5 N–H and O–H groups in total. The fourth-order valence-corrected chi connectivity index (χ4v) is 7.40. The molecular weight excluding hydrogens is 719 g/mol. The Morgan fingerprint density at radius 1 is 1.00 bits per heavy atom. The number of Topliss-reactive ketones (excluding diaryl/α,β-unsaturated/α-hetero) is 1. The number of aryl methyl sites for hydroxylation is 1. The topological polar surface area (TPSA) is 198 Å². The molecule has 5 rings (SSSR count). The van der Waals surface area contributed by atoms with E-state index in [0.29, 0.717) is 50.9 Å². The molecule has 4 atom stereocenters. The molecule has 0 bridgehead atoms. The van der Waals surface area contributed by atoms with Gasteiger partial charge in [-0.25, -0.2) is 9.78 Å². The number of thiazole rings is 1. The molecule has 54 heavy (non-hydrogen) atoms. The molecule has 1 fully saturated rings. The normalized spacial score (nSPS) is 18.5. The van der Waals surface area contributed by atoms with Gasteiger partial charge in [-0.1, -0.05) is 44.2 Å². The second-order valence-electron chi connectivity index (χ2n) is 13.4. The number of nitrogens with zero attached hydrogens (tertiary/aromatic N) is 2. The molecule has 3 amide bonds. The van der Waals surface area contributed by atoms with Gasteiger partial charge in [-0.15, -0.1) is 11.3 Å². The highest BCUT2D eigenvalue weighted by Crippen LogP contribution is 2.33. The van der Waals surface area contributed by atoms with Crippen LogP contribution in [0.3, 0.4) is 0 Å². The van der Waals surface area contributed by atoms with Gasteiger partial charge in [0.1, 0.15) is 12.4 Å². The van der Waals surface area contributed by atoms with E-state index in [1.165, 1.54) is 11.3 Å². The van der Waals surface area contributed by atoms with Crippen LogP contribution in [0, 0.1) is 12.8 Å². The maximum Gasteiger partial charge on any atom is 0.404 e. The van der Waals surface area contributed by atoms with Gasteiger partial charge in [-0.3, -0.25) is 19.7 Å². The number of ketones is 1. The maximum atomic E-state index is 13.9. The smallest absolute Gasteiger partial charge is 0.404 e. The highest BCUT2D eigenvalue weighted by Gasteiger charge is 2.46. The summed E-state index contributed by atoms with van der Waals surface area (Å²) in [6.07, 6.45) is -2.14. The van der Waals surface area contributed by atoms with E-state index in [1.807, 2.05) is 51.1 Å². The zero-order valence-corrected chi connectivity index (χ0v) is 31.6. The zero-order valence-electron chi connectivity index (χ0n) is 30.7. The minimum Gasteiger partial charge on any atom is -0.491 e. The van der Waals surface area contributed by atoms with Crippen molar-refractivity contribution in [3.63, 3.8) is 0 Å². The first kappa shape index (κ1) is 40.7. The predicted octanol–water partition coefficient (Wildman–Crippen LogP) is 2.77. The zero-order chi connectivity index (χ0) is 38.6. The lowest BCUT2D eigenvalue weighted by Gasteiger charge is -2.32. The monoisotopic (exact) mass is 767 g/mol. The third-order valence-electron chi connectivity index (χ3n) is 9.25. The molecule has 3 heterocycles. The predicted molar refractivity (Wildman–Crippen MR) is 199 cm³/mol. The molecule has 0 spiro atoms. The van der Waals surface area contributed by atoms with Gasteiger partial charge in [-0.05, 0) is 42.5 Å². The quantitative estimate of drug-likeness (QED) is 0.0996. The Hall–Kier alpha value is -4.45. The van der Waals surface area contributed by atoms with Crippen molar-refractivity contribution in [1.82, 2.24) is 25.8 Å². The van der Waals surface area contributed by atoms with E-state index in [4.69, 9.17) is 24.1 Å². The third-order valence-corrected chi connectivity index (χ3v) is 10.2. The van der Waals surface area contributed by atoms with Crippen LogP contribution in [0.15, 0.2) is 48.0 Å². The fourth-order valence-electron chi connectivity index (χ4n) is 6.60. The van der Waals surface area contributed by atoms with E-state index in [-0.39, 0.29) is 56.2 Å².